The first kappa shape index (κ1) is 13.6. The monoisotopic (exact) mass is 298 g/mol. The zero-order chi connectivity index (χ0) is 14.7. The average Bonchev–Trinajstić information content (AvgIpc) is 2.87. The van der Waals surface area contributed by atoms with Crippen molar-refractivity contribution < 1.29 is 9.53 Å². The second-order valence-electron chi connectivity index (χ2n) is 4.57. The number of fused-ring (bicyclic) bond motifs is 1. The summed E-state index contributed by atoms with van der Waals surface area (Å²) < 4.78 is 6.90. The highest BCUT2D eigenvalue weighted by molar-refractivity contribution is 7.18. The van der Waals surface area contributed by atoms with Gasteiger partial charge in [-0.2, -0.15) is 0 Å². The minimum atomic E-state index is -0.0988. The van der Waals surface area contributed by atoms with Crippen LogP contribution in [0, 0.1) is 0 Å². The summed E-state index contributed by atoms with van der Waals surface area (Å²) in [5, 5.41) is 3.66. The average molecular weight is 298 g/mol. The summed E-state index contributed by atoms with van der Waals surface area (Å²) >= 11 is 1.63. The van der Waals surface area contributed by atoms with Gasteiger partial charge in [0.15, 0.2) is 0 Å². The molecule has 106 valence electrons. The number of rotatable bonds is 4. The summed E-state index contributed by atoms with van der Waals surface area (Å²) in [6, 6.07) is 15.4. The quantitative estimate of drug-likeness (QED) is 0.796. The third-order valence-electron chi connectivity index (χ3n) is 2.85. The van der Waals surface area contributed by atoms with Crippen molar-refractivity contribution in [2.45, 2.75) is 13.5 Å². The highest BCUT2D eigenvalue weighted by atomic mass is 32.1. The molecule has 0 aliphatic carbocycles. The Morgan fingerprint density at radius 1 is 1.24 bits per heavy atom. The molecule has 1 amide bonds. The molecule has 5 heteroatoms. The SMILES string of the molecule is CC(=O)Nc1cccc(OCc2nc3ccccc3s2)c1. The Kier molecular flexibility index (Phi) is 3.83. The Morgan fingerprint density at radius 2 is 2.10 bits per heavy atom. The van der Waals surface area contributed by atoms with Crippen LogP contribution in [0.5, 0.6) is 5.75 Å². The van der Waals surface area contributed by atoms with Gasteiger partial charge in [0.2, 0.25) is 5.91 Å². The van der Waals surface area contributed by atoms with Gasteiger partial charge in [0, 0.05) is 18.7 Å². The van der Waals surface area contributed by atoms with E-state index in [2.05, 4.69) is 10.3 Å². The lowest BCUT2D eigenvalue weighted by molar-refractivity contribution is -0.114. The number of amides is 1. The number of anilines is 1. The largest absolute Gasteiger partial charge is 0.486 e. The van der Waals surface area contributed by atoms with Crippen molar-refractivity contribution in [1.29, 1.82) is 0 Å². The van der Waals surface area contributed by atoms with Gasteiger partial charge in [-0.1, -0.05) is 18.2 Å². The van der Waals surface area contributed by atoms with Gasteiger partial charge < -0.3 is 10.1 Å². The fraction of sp³-hybridized carbons (Fsp3) is 0.125. The first-order valence-corrected chi connectivity index (χ1v) is 7.37. The number of ether oxygens (including phenoxy) is 1. The maximum atomic E-state index is 11.0. The molecular formula is C16H14N2O2S. The molecule has 0 atom stereocenters. The van der Waals surface area contributed by atoms with E-state index in [4.69, 9.17) is 4.74 Å². The van der Waals surface area contributed by atoms with Crippen molar-refractivity contribution >= 4 is 33.1 Å². The number of nitrogens with zero attached hydrogens (tertiary/aromatic N) is 1. The maximum absolute atomic E-state index is 11.0. The number of carbonyl (C=O) groups excluding carboxylic acids is 1. The summed E-state index contributed by atoms with van der Waals surface area (Å²) in [5.74, 6) is 0.610. The fourth-order valence-electron chi connectivity index (χ4n) is 1.99. The van der Waals surface area contributed by atoms with Crippen LogP contribution in [-0.2, 0) is 11.4 Å². The van der Waals surface area contributed by atoms with Gasteiger partial charge in [-0.3, -0.25) is 4.79 Å². The van der Waals surface area contributed by atoms with E-state index in [-0.39, 0.29) is 5.91 Å². The molecule has 3 rings (SSSR count). The zero-order valence-electron chi connectivity index (χ0n) is 11.5. The summed E-state index contributed by atoms with van der Waals surface area (Å²) in [5.41, 5.74) is 1.72. The third-order valence-corrected chi connectivity index (χ3v) is 3.86. The molecule has 0 saturated heterocycles. The number of carbonyl (C=O) groups is 1. The molecule has 0 saturated carbocycles. The van der Waals surface area contributed by atoms with E-state index in [0.717, 1.165) is 20.9 Å². The van der Waals surface area contributed by atoms with E-state index in [1.807, 2.05) is 42.5 Å². The molecule has 1 aromatic heterocycles. The van der Waals surface area contributed by atoms with Crippen molar-refractivity contribution in [2.24, 2.45) is 0 Å². The van der Waals surface area contributed by atoms with Gasteiger partial charge in [0.1, 0.15) is 17.4 Å². The lowest BCUT2D eigenvalue weighted by Gasteiger charge is -2.06. The Balaban J connectivity index is 1.70. The van der Waals surface area contributed by atoms with Crippen LogP contribution in [0.25, 0.3) is 10.2 Å². The lowest BCUT2D eigenvalue weighted by Crippen LogP contribution is -2.05. The fourth-order valence-corrected chi connectivity index (χ4v) is 2.87. The second-order valence-corrected chi connectivity index (χ2v) is 5.69. The number of benzene rings is 2. The van der Waals surface area contributed by atoms with Crippen molar-refractivity contribution in [3.05, 3.63) is 53.5 Å². The molecule has 21 heavy (non-hydrogen) atoms. The minimum absolute atomic E-state index is 0.0988. The van der Waals surface area contributed by atoms with Crippen LogP contribution in [0.2, 0.25) is 0 Å². The Labute approximate surface area is 126 Å². The first-order chi connectivity index (χ1) is 10.2. The predicted octanol–water partition coefficient (Wildman–Crippen LogP) is 3.83. The molecule has 0 aliphatic heterocycles. The van der Waals surface area contributed by atoms with Crippen LogP contribution < -0.4 is 10.1 Å². The van der Waals surface area contributed by atoms with Gasteiger partial charge in [0.25, 0.3) is 0 Å². The van der Waals surface area contributed by atoms with E-state index in [9.17, 15) is 4.79 Å². The molecule has 1 N–H and O–H groups in total. The van der Waals surface area contributed by atoms with E-state index in [1.54, 1.807) is 17.4 Å². The van der Waals surface area contributed by atoms with Crippen molar-refractivity contribution in [1.82, 2.24) is 4.98 Å². The summed E-state index contributed by atoms with van der Waals surface area (Å²) in [7, 11) is 0. The Bertz CT molecular complexity index is 750. The van der Waals surface area contributed by atoms with Crippen molar-refractivity contribution in [3.63, 3.8) is 0 Å². The highest BCUT2D eigenvalue weighted by Crippen LogP contribution is 2.24. The number of thiazole rings is 1. The molecule has 0 unspecified atom stereocenters. The van der Waals surface area contributed by atoms with Crippen LogP contribution in [-0.4, -0.2) is 10.9 Å². The van der Waals surface area contributed by atoms with Crippen LogP contribution >= 0.6 is 11.3 Å². The van der Waals surface area contributed by atoms with Gasteiger partial charge in [-0.05, 0) is 24.3 Å². The number of aromatic nitrogens is 1. The topological polar surface area (TPSA) is 51.2 Å². The molecule has 0 aliphatic rings. The standard InChI is InChI=1S/C16H14N2O2S/c1-11(19)17-12-5-4-6-13(9-12)20-10-16-18-14-7-2-3-8-15(14)21-16/h2-9H,10H2,1H3,(H,17,19). The maximum Gasteiger partial charge on any atom is 0.221 e. The van der Waals surface area contributed by atoms with Crippen molar-refractivity contribution in [3.8, 4) is 5.75 Å². The van der Waals surface area contributed by atoms with Crippen LogP contribution in [0.3, 0.4) is 0 Å². The van der Waals surface area contributed by atoms with E-state index in [1.165, 1.54) is 6.92 Å². The van der Waals surface area contributed by atoms with Gasteiger partial charge >= 0.3 is 0 Å². The van der Waals surface area contributed by atoms with E-state index >= 15 is 0 Å². The number of nitrogens with one attached hydrogen (secondary N) is 1. The molecule has 3 aromatic rings. The molecule has 2 aromatic carbocycles. The molecule has 0 fully saturated rings. The van der Waals surface area contributed by atoms with Crippen LogP contribution in [0.4, 0.5) is 5.69 Å². The van der Waals surface area contributed by atoms with Gasteiger partial charge in [-0.25, -0.2) is 4.98 Å². The lowest BCUT2D eigenvalue weighted by atomic mass is 10.3. The smallest absolute Gasteiger partial charge is 0.221 e. The summed E-state index contributed by atoms with van der Waals surface area (Å²) in [4.78, 5) is 15.6. The van der Waals surface area contributed by atoms with Crippen LogP contribution in [0.15, 0.2) is 48.5 Å². The van der Waals surface area contributed by atoms with Crippen LogP contribution in [0.1, 0.15) is 11.9 Å². The zero-order valence-corrected chi connectivity index (χ0v) is 12.3. The first-order valence-electron chi connectivity index (χ1n) is 6.55. The summed E-state index contributed by atoms with van der Waals surface area (Å²) in [6.45, 7) is 1.90. The van der Waals surface area contributed by atoms with Gasteiger partial charge in [-0.15, -0.1) is 11.3 Å². The molecular weight excluding hydrogens is 284 g/mol. The van der Waals surface area contributed by atoms with E-state index in [0.29, 0.717) is 12.4 Å². The highest BCUT2D eigenvalue weighted by Gasteiger charge is 2.04. The number of hydrogen-bond donors (Lipinski definition) is 1. The summed E-state index contributed by atoms with van der Waals surface area (Å²) in [6.07, 6.45) is 0. The van der Waals surface area contributed by atoms with E-state index < -0.39 is 0 Å². The number of para-hydroxylation sites is 1. The Hall–Kier alpha value is -2.40. The van der Waals surface area contributed by atoms with Gasteiger partial charge in [0.05, 0.1) is 10.2 Å². The molecule has 0 bridgehead atoms. The predicted molar refractivity (Wildman–Crippen MR) is 84.7 cm³/mol. The molecule has 0 radical (unpaired) electrons. The second kappa shape index (κ2) is 5.93. The molecule has 4 nitrogen and oxygen atoms in total. The molecule has 0 spiro atoms. The minimum Gasteiger partial charge on any atom is -0.486 e. The molecule has 1 heterocycles. The Morgan fingerprint density at radius 3 is 2.90 bits per heavy atom. The third kappa shape index (κ3) is 3.38. The van der Waals surface area contributed by atoms with Crippen molar-refractivity contribution in [2.75, 3.05) is 5.32 Å². The normalized spacial score (nSPS) is 10.5. The number of hydrogen-bond acceptors (Lipinski definition) is 4.